The van der Waals surface area contributed by atoms with Crippen LogP contribution in [-0.4, -0.2) is 34.3 Å². The maximum atomic E-state index is 12.7. The Labute approximate surface area is 243 Å². The summed E-state index contributed by atoms with van der Waals surface area (Å²) < 4.78 is 13.2. The van der Waals surface area contributed by atoms with Crippen LogP contribution < -0.4 is 26.0 Å². The number of nitrogens with zero attached hydrogens (tertiary/aromatic N) is 2. The third kappa shape index (κ3) is 8.55. The normalized spacial score (nSPS) is 10.9. The highest BCUT2D eigenvalue weighted by Crippen LogP contribution is 2.34. The number of rotatable bonds is 15. The topological polar surface area (TPSA) is 115 Å². The Hall–Kier alpha value is -3.40. The van der Waals surface area contributed by atoms with Crippen molar-refractivity contribution < 1.29 is 14.3 Å². The smallest absolute Gasteiger partial charge is 0.349 e. The molecule has 216 valence electrons. The predicted octanol–water partition coefficient (Wildman–Crippen LogP) is 6.36. The van der Waals surface area contributed by atoms with Gasteiger partial charge in [0.05, 0.1) is 17.3 Å². The van der Waals surface area contributed by atoms with Gasteiger partial charge < -0.3 is 14.8 Å². The fraction of sp³-hybridized carbons (Fsp3) is 0.467. The number of carbonyl (C=O) groups excluding carboxylic acids is 1. The second-order valence-corrected chi connectivity index (χ2v) is 10.8. The number of aryl methyl sites for hydroxylation is 2. The van der Waals surface area contributed by atoms with E-state index in [1.165, 1.54) is 38.5 Å². The van der Waals surface area contributed by atoms with Crippen LogP contribution in [-0.2, 0) is 0 Å². The van der Waals surface area contributed by atoms with Crippen molar-refractivity contribution in [2.75, 3.05) is 13.7 Å². The summed E-state index contributed by atoms with van der Waals surface area (Å²) in [5, 5.41) is 6.88. The van der Waals surface area contributed by atoms with Crippen LogP contribution >= 0.6 is 15.9 Å². The molecule has 0 radical (unpaired) electrons. The highest BCUT2D eigenvalue weighted by Gasteiger charge is 2.17. The summed E-state index contributed by atoms with van der Waals surface area (Å²) in [5.74, 6) is 1.31. The molecule has 0 aliphatic rings. The highest BCUT2D eigenvalue weighted by molar-refractivity contribution is 9.10. The summed E-state index contributed by atoms with van der Waals surface area (Å²) in [4.78, 5) is 39.9. The number of benzene rings is 2. The summed E-state index contributed by atoms with van der Waals surface area (Å²) >= 11 is 3.46. The Bertz CT molecular complexity index is 1390. The van der Waals surface area contributed by atoms with E-state index in [-0.39, 0.29) is 5.69 Å². The first kappa shape index (κ1) is 31.1. The zero-order valence-corrected chi connectivity index (χ0v) is 25.4. The van der Waals surface area contributed by atoms with Gasteiger partial charge in [-0.3, -0.25) is 14.6 Å². The van der Waals surface area contributed by atoms with Crippen molar-refractivity contribution in [2.45, 2.75) is 78.6 Å². The lowest BCUT2D eigenvalue weighted by atomic mass is 10.1. The molecule has 9 nitrogen and oxygen atoms in total. The maximum Gasteiger partial charge on any atom is 0.349 e. The molecule has 40 heavy (non-hydrogen) atoms. The molecule has 0 spiro atoms. The number of ether oxygens (including phenoxy) is 2. The van der Waals surface area contributed by atoms with Crippen molar-refractivity contribution in [2.24, 2.45) is 0 Å². The predicted molar refractivity (Wildman–Crippen MR) is 160 cm³/mol. The van der Waals surface area contributed by atoms with Gasteiger partial charge in [-0.15, -0.1) is 0 Å². The van der Waals surface area contributed by atoms with Gasteiger partial charge in [0.2, 0.25) is 5.69 Å². The van der Waals surface area contributed by atoms with E-state index in [1.54, 1.807) is 37.4 Å². The number of aromatic nitrogens is 3. The van der Waals surface area contributed by atoms with E-state index < -0.39 is 17.2 Å². The average Bonchev–Trinajstić information content (AvgIpc) is 2.91. The van der Waals surface area contributed by atoms with Crippen molar-refractivity contribution in [1.29, 1.82) is 0 Å². The lowest BCUT2D eigenvalue weighted by molar-refractivity contribution is 0.0944. The highest BCUT2D eigenvalue weighted by atomic mass is 79.9. The molecule has 0 bridgehead atoms. The minimum Gasteiger partial charge on any atom is -0.496 e. The number of amides is 1. The van der Waals surface area contributed by atoms with E-state index >= 15 is 0 Å². The Morgan fingerprint density at radius 3 is 2.20 bits per heavy atom. The minimum atomic E-state index is -0.815. The van der Waals surface area contributed by atoms with Crippen molar-refractivity contribution in [3.63, 3.8) is 0 Å². The summed E-state index contributed by atoms with van der Waals surface area (Å²) in [6, 6.07) is 8.84. The lowest BCUT2D eigenvalue weighted by Crippen LogP contribution is -2.39. The molecule has 0 aliphatic carbocycles. The molecule has 3 rings (SSSR count). The number of H-pyrrole nitrogens is 1. The average molecular weight is 616 g/mol. The van der Waals surface area contributed by atoms with Gasteiger partial charge in [0.1, 0.15) is 17.2 Å². The number of carbonyl (C=O) groups is 1. The Kier molecular flexibility index (Phi) is 12.0. The first-order valence-corrected chi connectivity index (χ1v) is 14.7. The molecule has 2 aromatic carbocycles. The molecular formula is C30H39BrN4O5. The molecule has 10 heteroatoms. The molecule has 3 aromatic rings. The van der Waals surface area contributed by atoms with E-state index in [1.807, 2.05) is 13.8 Å². The van der Waals surface area contributed by atoms with Crippen LogP contribution in [0.25, 0.3) is 5.69 Å². The van der Waals surface area contributed by atoms with Crippen LogP contribution in [0.15, 0.2) is 44.4 Å². The molecule has 1 amide bonds. The van der Waals surface area contributed by atoms with Gasteiger partial charge in [-0.05, 0) is 77.7 Å². The molecule has 0 aliphatic heterocycles. The number of methoxy groups -OCH3 is 1. The summed E-state index contributed by atoms with van der Waals surface area (Å²) in [7, 11) is 1.59. The van der Waals surface area contributed by atoms with E-state index in [2.05, 4.69) is 38.3 Å². The van der Waals surface area contributed by atoms with Crippen molar-refractivity contribution >= 4 is 21.8 Å². The van der Waals surface area contributed by atoms with E-state index in [9.17, 15) is 14.4 Å². The van der Waals surface area contributed by atoms with Gasteiger partial charge >= 0.3 is 5.69 Å². The second-order valence-electron chi connectivity index (χ2n) is 9.91. The quantitative estimate of drug-likeness (QED) is 0.192. The number of unbranched alkanes of at least 4 members (excludes halogenated alkanes) is 8. The number of halogens is 1. The number of aromatic amines is 1. The van der Waals surface area contributed by atoms with Gasteiger partial charge in [0.15, 0.2) is 0 Å². The van der Waals surface area contributed by atoms with Crippen LogP contribution in [0.1, 0.15) is 86.3 Å². The van der Waals surface area contributed by atoms with Gasteiger partial charge in [0.25, 0.3) is 11.5 Å². The van der Waals surface area contributed by atoms with Crippen molar-refractivity contribution in [3.05, 3.63) is 72.5 Å². The molecule has 2 N–H and O–H groups in total. The molecule has 1 heterocycles. The molecule has 0 fully saturated rings. The van der Waals surface area contributed by atoms with Crippen LogP contribution in [0.3, 0.4) is 0 Å². The van der Waals surface area contributed by atoms with Gasteiger partial charge in [-0.25, -0.2) is 4.79 Å². The Balaban J connectivity index is 1.66. The van der Waals surface area contributed by atoms with E-state index in [0.717, 1.165) is 39.5 Å². The fourth-order valence-corrected chi connectivity index (χ4v) is 5.00. The summed E-state index contributed by atoms with van der Waals surface area (Å²) in [6.07, 6.45) is 10.5. The minimum absolute atomic E-state index is 0.353. The van der Waals surface area contributed by atoms with Gasteiger partial charge in [0, 0.05) is 6.54 Å². The first-order chi connectivity index (χ1) is 19.2. The monoisotopic (exact) mass is 614 g/mol. The zero-order chi connectivity index (χ0) is 29.1. The molecular weight excluding hydrogens is 576 g/mol. The third-order valence-corrected chi connectivity index (χ3v) is 7.26. The number of nitrogens with one attached hydrogen (secondary N) is 2. The summed E-state index contributed by atoms with van der Waals surface area (Å²) in [5.41, 5.74) is 0.00879. The standard InChI is InChI=1S/C30H39BrN4O5/c1-5-6-7-8-9-10-11-12-13-16-32-28(36)26-29(37)33-30(38)35(34-26)22-17-20(2)27(21(3)18-22)40-23-14-15-25(39-4)24(31)19-23/h14-15,17-19H,5-13,16H2,1-4H3,(H,32,36)(H,33,37,38). The van der Waals surface area contributed by atoms with Crippen molar-refractivity contribution in [3.8, 4) is 22.9 Å². The molecule has 0 unspecified atom stereocenters. The largest absolute Gasteiger partial charge is 0.496 e. The maximum absolute atomic E-state index is 12.7. The Morgan fingerprint density at radius 1 is 0.975 bits per heavy atom. The van der Waals surface area contributed by atoms with E-state index in [4.69, 9.17) is 9.47 Å². The van der Waals surface area contributed by atoms with Gasteiger partial charge in [-0.2, -0.15) is 9.78 Å². The van der Waals surface area contributed by atoms with Crippen LogP contribution in [0, 0.1) is 13.8 Å². The lowest BCUT2D eigenvalue weighted by Gasteiger charge is -2.15. The van der Waals surface area contributed by atoms with Crippen LogP contribution in [0.4, 0.5) is 0 Å². The fourth-order valence-electron chi connectivity index (χ4n) is 4.48. The van der Waals surface area contributed by atoms with E-state index in [0.29, 0.717) is 29.5 Å². The molecule has 0 atom stereocenters. The summed E-state index contributed by atoms with van der Waals surface area (Å²) in [6.45, 7) is 6.35. The zero-order valence-electron chi connectivity index (χ0n) is 23.8. The van der Waals surface area contributed by atoms with Crippen LogP contribution in [0.5, 0.6) is 17.2 Å². The van der Waals surface area contributed by atoms with Gasteiger partial charge in [-0.1, -0.05) is 58.3 Å². The number of hydrogen-bond acceptors (Lipinski definition) is 6. The second kappa shape index (κ2) is 15.4. The van der Waals surface area contributed by atoms with Crippen molar-refractivity contribution in [1.82, 2.24) is 20.1 Å². The molecule has 0 saturated heterocycles. The Morgan fingerprint density at radius 2 is 1.60 bits per heavy atom. The number of hydrogen-bond donors (Lipinski definition) is 2. The third-order valence-electron chi connectivity index (χ3n) is 6.64. The van der Waals surface area contributed by atoms with Crippen LogP contribution in [0.2, 0.25) is 0 Å². The molecule has 1 aromatic heterocycles. The molecule has 0 saturated carbocycles. The first-order valence-electron chi connectivity index (χ1n) is 13.9. The SMILES string of the molecule is CCCCCCCCCCCNC(=O)c1nn(-c2cc(C)c(Oc3ccc(OC)c(Br)c3)c(C)c2)c(=O)[nH]c1=O.